The van der Waals surface area contributed by atoms with E-state index in [1.165, 1.54) is 0 Å². The molecule has 0 aromatic heterocycles. The summed E-state index contributed by atoms with van der Waals surface area (Å²) in [6.45, 7) is 6.03. The van der Waals surface area contributed by atoms with E-state index in [-0.39, 0.29) is 5.91 Å². The summed E-state index contributed by atoms with van der Waals surface area (Å²) in [4.78, 5) is 13.1. The number of nitrogens with zero attached hydrogens (tertiary/aromatic N) is 1. The van der Waals surface area contributed by atoms with Crippen LogP contribution in [0, 0.1) is 0 Å². The standard InChI is InChI=1S/C11H16N2O/c1-3-13(4-2)10-7-5-6-9(8-10)11(12)14/h5-8H,3-4H2,1-2H3,(H2,12,14). The van der Waals surface area contributed by atoms with Crippen LogP contribution < -0.4 is 10.6 Å². The number of carbonyl (C=O) groups excluding carboxylic acids is 1. The Morgan fingerprint density at radius 3 is 2.50 bits per heavy atom. The molecule has 3 heteroatoms. The van der Waals surface area contributed by atoms with E-state index in [1.54, 1.807) is 6.07 Å². The number of rotatable bonds is 4. The molecule has 0 heterocycles. The topological polar surface area (TPSA) is 46.3 Å². The molecule has 0 saturated carbocycles. The van der Waals surface area contributed by atoms with Crippen molar-refractivity contribution in [2.45, 2.75) is 13.8 Å². The van der Waals surface area contributed by atoms with Crippen molar-refractivity contribution >= 4 is 11.6 Å². The lowest BCUT2D eigenvalue weighted by molar-refractivity contribution is 0.100. The summed E-state index contributed by atoms with van der Waals surface area (Å²) in [6.07, 6.45) is 0. The van der Waals surface area contributed by atoms with E-state index in [2.05, 4.69) is 18.7 Å². The smallest absolute Gasteiger partial charge is 0.248 e. The Morgan fingerprint density at radius 1 is 1.36 bits per heavy atom. The fourth-order valence-electron chi connectivity index (χ4n) is 1.44. The molecule has 1 aromatic rings. The highest BCUT2D eigenvalue weighted by Gasteiger charge is 2.04. The fraction of sp³-hybridized carbons (Fsp3) is 0.364. The third-order valence-electron chi connectivity index (χ3n) is 2.26. The first kappa shape index (κ1) is 10.6. The zero-order valence-corrected chi connectivity index (χ0v) is 8.66. The van der Waals surface area contributed by atoms with Crippen molar-refractivity contribution in [2.24, 2.45) is 5.73 Å². The van der Waals surface area contributed by atoms with E-state index in [4.69, 9.17) is 5.73 Å². The van der Waals surface area contributed by atoms with Crippen molar-refractivity contribution in [3.05, 3.63) is 29.8 Å². The lowest BCUT2D eigenvalue weighted by atomic mass is 10.2. The van der Waals surface area contributed by atoms with Crippen molar-refractivity contribution in [1.82, 2.24) is 0 Å². The Labute approximate surface area is 84.5 Å². The first-order chi connectivity index (χ1) is 6.69. The molecule has 0 bridgehead atoms. The average Bonchev–Trinajstić information content (AvgIpc) is 2.20. The Kier molecular flexibility index (Phi) is 3.51. The lowest BCUT2D eigenvalue weighted by Gasteiger charge is -2.21. The molecular formula is C11H16N2O. The number of amides is 1. The normalized spacial score (nSPS) is 9.86. The average molecular weight is 192 g/mol. The minimum absolute atomic E-state index is 0.376. The van der Waals surface area contributed by atoms with E-state index in [1.807, 2.05) is 18.2 Å². The Morgan fingerprint density at radius 2 is 2.00 bits per heavy atom. The predicted octanol–water partition coefficient (Wildman–Crippen LogP) is 1.63. The highest BCUT2D eigenvalue weighted by Crippen LogP contribution is 2.15. The summed E-state index contributed by atoms with van der Waals surface area (Å²) in [7, 11) is 0. The fourth-order valence-corrected chi connectivity index (χ4v) is 1.44. The molecule has 0 aliphatic heterocycles. The predicted molar refractivity (Wildman–Crippen MR) is 58.5 cm³/mol. The molecule has 76 valence electrons. The molecule has 0 fully saturated rings. The van der Waals surface area contributed by atoms with Crippen LogP contribution in [-0.2, 0) is 0 Å². The van der Waals surface area contributed by atoms with Gasteiger partial charge in [-0.1, -0.05) is 6.07 Å². The molecule has 1 amide bonds. The summed E-state index contributed by atoms with van der Waals surface area (Å²) in [5.41, 5.74) is 6.82. The van der Waals surface area contributed by atoms with E-state index >= 15 is 0 Å². The molecule has 0 spiro atoms. The highest BCUT2D eigenvalue weighted by molar-refractivity contribution is 5.93. The highest BCUT2D eigenvalue weighted by atomic mass is 16.1. The van der Waals surface area contributed by atoms with Gasteiger partial charge in [0.1, 0.15) is 0 Å². The van der Waals surface area contributed by atoms with Crippen molar-refractivity contribution in [1.29, 1.82) is 0 Å². The molecule has 1 rings (SSSR count). The van der Waals surface area contributed by atoms with Gasteiger partial charge in [-0.25, -0.2) is 0 Å². The first-order valence-corrected chi connectivity index (χ1v) is 4.83. The molecule has 14 heavy (non-hydrogen) atoms. The Balaban J connectivity index is 2.98. The molecular weight excluding hydrogens is 176 g/mol. The van der Waals surface area contributed by atoms with Gasteiger partial charge in [-0.05, 0) is 32.0 Å². The molecule has 1 aromatic carbocycles. The summed E-state index contributed by atoms with van der Waals surface area (Å²) in [5, 5.41) is 0. The third-order valence-corrected chi connectivity index (χ3v) is 2.26. The van der Waals surface area contributed by atoms with Crippen molar-refractivity contribution < 1.29 is 4.79 Å². The number of hydrogen-bond acceptors (Lipinski definition) is 2. The van der Waals surface area contributed by atoms with Gasteiger partial charge in [0.15, 0.2) is 0 Å². The van der Waals surface area contributed by atoms with Crippen LogP contribution in [0.25, 0.3) is 0 Å². The number of hydrogen-bond donors (Lipinski definition) is 1. The van der Waals surface area contributed by atoms with Gasteiger partial charge in [0.05, 0.1) is 0 Å². The zero-order valence-electron chi connectivity index (χ0n) is 8.66. The monoisotopic (exact) mass is 192 g/mol. The van der Waals surface area contributed by atoms with Gasteiger partial charge in [-0.15, -0.1) is 0 Å². The van der Waals surface area contributed by atoms with E-state index in [0.29, 0.717) is 5.56 Å². The maximum Gasteiger partial charge on any atom is 0.248 e. The largest absolute Gasteiger partial charge is 0.372 e. The van der Waals surface area contributed by atoms with Crippen molar-refractivity contribution in [2.75, 3.05) is 18.0 Å². The summed E-state index contributed by atoms with van der Waals surface area (Å²) < 4.78 is 0. The van der Waals surface area contributed by atoms with E-state index in [0.717, 1.165) is 18.8 Å². The Bertz CT molecular complexity index is 319. The van der Waals surface area contributed by atoms with Crippen LogP contribution in [0.2, 0.25) is 0 Å². The molecule has 3 nitrogen and oxygen atoms in total. The van der Waals surface area contributed by atoms with Crippen molar-refractivity contribution in [3.8, 4) is 0 Å². The summed E-state index contributed by atoms with van der Waals surface area (Å²) >= 11 is 0. The van der Waals surface area contributed by atoms with Gasteiger partial charge in [0, 0.05) is 24.3 Å². The van der Waals surface area contributed by atoms with Gasteiger partial charge >= 0.3 is 0 Å². The van der Waals surface area contributed by atoms with Gasteiger partial charge in [0.25, 0.3) is 0 Å². The number of nitrogens with two attached hydrogens (primary N) is 1. The van der Waals surface area contributed by atoms with Gasteiger partial charge < -0.3 is 10.6 Å². The van der Waals surface area contributed by atoms with E-state index in [9.17, 15) is 4.79 Å². The second kappa shape index (κ2) is 4.65. The first-order valence-electron chi connectivity index (χ1n) is 4.83. The van der Waals surface area contributed by atoms with E-state index < -0.39 is 0 Å². The van der Waals surface area contributed by atoms with Crippen LogP contribution in [-0.4, -0.2) is 19.0 Å². The van der Waals surface area contributed by atoms with Crippen LogP contribution in [0.1, 0.15) is 24.2 Å². The van der Waals surface area contributed by atoms with Crippen LogP contribution in [0.5, 0.6) is 0 Å². The molecule has 0 aliphatic carbocycles. The van der Waals surface area contributed by atoms with Crippen LogP contribution in [0.3, 0.4) is 0 Å². The van der Waals surface area contributed by atoms with Crippen LogP contribution in [0.4, 0.5) is 5.69 Å². The zero-order chi connectivity index (χ0) is 10.6. The molecule has 0 atom stereocenters. The quantitative estimate of drug-likeness (QED) is 0.788. The maximum atomic E-state index is 11.0. The van der Waals surface area contributed by atoms with Gasteiger partial charge in [-0.2, -0.15) is 0 Å². The minimum Gasteiger partial charge on any atom is -0.372 e. The molecule has 2 N–H and O–H groups in total. The van der Waals surface area contributed by atoms with Gasteiger partial charge in [0.2, 0.25) is 5.91 Å². The number of anilines is 1. The molecule has 0 saturated heterocycles. The Hall–Kier alpha value is -1.51. The summed E-state index contributed by atoms with van der Waals surface area (Å²) in [6, 6.07) is 7.40. The maximum absolute atomic E-state index is 11.0. The lowest BCUT2D eigenvalue weighted by Crippen LogP contribution is -2.22. The van der Waals surface area contributed by atoms with Gasteiger partial charge in [-0.3, -0.25) is 4.79 Å². The number of carbonyl (C=O) groups is 1. The van der Waals surface area contributed by atoms with Crippen molar-refractivity contribution in [3.63, 3.8) is 0 Å². The van der Waals surface area contributed by atoms with Crippen LogP contribution in [0.15, 0.2) is 24.3 Å². The number of primary amides is 1. The molecule has 0 aliphatic rings. The number of benzene rings is 1. The molecule has 0 unspecified atom stereocenters. The van der Waals surface area contributed by atoms with Crippen LogP contribution >= 0.6 is 0 Å². The second-order valence-electron chi connectivity index (χ2n) is 3.09. The third kappa shape index (κ3) is 2.25. The molecule has 0 radical (unpaired) electrons. The SMILES string of the molecule is CCN(CC)c1cccc(C(N)=O)c1. The minimum atomic E-state index is -0.376. The second-order valence-corrected chi connectivity index (χ2v) is 3.09. The summed E-state index contributed by atoms with van der Waals surface area (Å²) in [5.74, 6) is -0.376.